The molecule has 0 aliphatic carbocycles. The number of nitrogen functional groups attached to an aromatic ring is 1. The lowest BCUT2D eigenvalue weighted by atomic mass is 10.3. The van der Waals surface area contributed by atoms with Crippen LogP contribution in [-0.2, 0) is 0 Å². The van der Waals surface area contributed by atoms with Crippen molar-refractivity contribution < 1.29 is 0 Å². The Morgan fingerprint density at radius 1 is 1.33 bits per heavy atom. The Bertz CT molecular complexity index is 458. The molecule has 0 radical (unpaired) electrons. The SMILES string of the molecule is Cc1cc(N)cnc1Sc1ccncn1. The van der Waals surface area contributed by atoms with Gasteiger partial charge in [-0.25, -0.2) is 15.0 Å². The first-order chi connectivity index (χ1) is 7.25. The molecule has 76 valence electrons. The maximum absolute atomic E-state index is 5.62. The van der Waals surface area contributed by atoms with Gasteiger partial charge in [-0.3, -0.25) is 0 Å². The third-order valence-electron chi connectivity index (χ3n) is 1.81. The predicted octanol–water partition coefficient (Wildman–Crippen LogP) is 1.91. The van der Waals surface area contributed by atoms with E-state index in [-0.39, 0.29) is 0 Å². The smallest absolute Gasteiger partial charge is 0.116 e. The maximum Gasteiger partial charge on any atom is 0.116 e. The van der Waals surface area contributed by atoms with Crippen molar-refractivity contribution in [2.75, 3.05) is 5.73 Å². The average molecular weight is 218 g/mol. The van der Waals surface area contributed by atoms with E-state index in [4.69, 9.17) is 5.73 Å². The van der Waals surface area contributed by atoms with E-state index >= 15 is 0 Å². The van der Waals surface area contributed by atoms with Crippen LogP contribution in [0.5, 0.6) is 0 Å². The Hall–Kier alpha value is -1.62. The van der Waals surface area contributed by atoms with E-state index in [1.165, 1.54) is 18.1 Å². The summed E-state index contributed by atoms with van der Waals surface area (Å²) in [7, 11) is 0. The van der Waals surface area contributed by atoms with Crippen molar-refractivity contribution in [1.82, 2.24) is 15.0 Å². The van der Waals surface area contributed by atoms with E-state index in [0.717, 1.165) is 15.6 Å². The number of aryl methyl sites for hydroxylation is 1. The van der Waals surface area contributed by atoms with E-state index in [0.29, 0.717) is 5.69 Å². The van der Waals surface area contributed by atoms with Gasteiger partial charge in [0, 0.05) is 6.20 Å². The zero-order chi connectivity index (χ0) is 10.7. The van der Waals surface area contributed by atoms with E-state index in [1.54, 1.807) is 12.4 Å². The molecular formula is C10H10N4S. The molecule has 5 heteroatoms. The van der Waals surface area contributed by atoms with E-state index < -0.39 is 0 Å². The van der Waals surface area contributed by atoms with Gasteiger partial charge in [-0.15, -0.1) is 0 Å². The van der Waals surface area contributed by atoms with Crippen LogP contribution in [0.2, 0.25) is 0 Å². The summed E-state index contributed by atoms with van der Waals surface area (Å²) in [6.07, 6.45) is 4.88. The molecular weight excluding hydrogens is 208 g/mol. The van der Waals surface area contributed by atoms with Crippen LogP contribution < -0.4 is 5.73 Å². The Morgan fingerprint density at radius 2 is 2.20 bits per heavy atom. The fourth-order valence-electron chi connectivity index (χ4n) is 1.13. The van der Waals surface area contributed by atoms with Gasteiger partial charge in [0.25, 0.3) is 0 Å². The van der Waals surface area contributed by atoms with Gasteiger partial charge in [-0.2, -0.15) is 0 Å². The number of aromatic nitrogens is 3. The summed E-state index contributed by atoms with van der Waals surface area (Å²) in [5.74, 6) is 0. The second-order valence-corrected chi connectivity index (χ2v) is 4.05. The maximum atomic E-state index is 5.62. The number of anilines is 1. The molecule has 2 N–H and O–H groups in total. The molecule has 0 saturated heterocycles. The molecule has 2 aromatic rings. The van der Waals surface area contributed by atoms with Gasteiger partial charge < -0.3 is 5.73 Å². The zero-order valence-corrected chi connectivity index (χ0v) is 9.03. The molecule has 0 fully saturated rings. The van der Waals surface area contributed by atoms with Gasteiger partial charge in [0.05, 0.1) is 11.9 Å². The molecule has 2 heterocycles. The molecule has 0 aliphatic heterocycles. The topological polar surface area (TPSA) is 64.7 Å². The molecule has 0 unspecified atom stereocenters. The Balaban J connectivity index is 2.25. The first-order valence-corrected chi connectivity index (χ1v) is 5.23. The predicted molar refractivity (Wildman–Crippen MR) is 59.5 cm³/mol. The van der Waals surface area contributed by atoms with E-state index in [9.17, 15) is 0 Å². The van der Waals surface area contributed by atoms with Crippen LogP contribution in [0.15, 0.2) is 40.9 Å². The fraction of sp³-hybridized carbons (Fsp3) is 0.100. The Kier molecular flexibility index (Phi) is 2.82. The van der Waals surface area contributed by atoms with Crippen LogP contribution in [-0.4, -0.2) is 15.0 Å². The highest BCUT2D eigenvalue weighted by atomic mass is 32.2. The summed E-state index contributed by atoms with van der Waals surface area (Å²) in [5, 5.41) is 1.80. The molecule has 2 aromatic heterocycles. The van der Waals surface area contributed by atoms with Crippen LogP contribution in [0.4, 0.5) is 5.69 Å². The van der Waals surface area contributed by atoms with Crippen molar-refractivity contribution in [2.45, 2.75) is 17.0 Å². The van der Waals surface area contributed by atoms with Crippen LogP contribution in [0, 0.1) is 6.92 Å². The normalized spacial score (nSPS) is 10.2. The lowest BCUT2D eigenvalue weighted by Gasteiger charge is -2.03. The molecule has 2 rings (SSSR count). The number of nitrogens with zero attached hydrogens (tertiary/aromatic N) is 3. The second-order valence-electron chi connectivity index (χ2n) is 3.04. The standard InChI is InChI=1S/C10H10N4S/c1-7-4-8(11)5-13-10(7)15-9-2-3-12-6-14-9/h2-6H,11H2,1H3. The van der Waals surface area contributed by atoms with Crippen molar-refractivity contribution in [2.24, 2.45) is 0 Å². The van der Waals surface area contributed by atoms with Crippen LogP contribution in [0.3, 0.4) is 0 Å². The highest BCUT2D eigenvalue weighted by molar-refractivity contribution is 7.99. The third-order valence-corrected chi connectivity index (χ3v) is 2.88. The minimum Gasteiger partial charge on any atom is -0.397 e. The van der Waals surface area contributed by atoms with Crippen LogP contribution in [0.1, 0.15) is 5.56 Å². The van der Waals surface area contributed by atoms with Gasteiger partial charge in [0.15, 0.2) is 0 Å². The minimum absolute atomic E-state index is 0.680. The van der Waals surface area contributed by atoms with Crippen LogP contribution >= 0.6 is 11.8 Å². The lowest BCUT2D eigenvalue weighted by Crippen LogP contribution is -1.91. The highest BCUT2D eigenvalue weighted by Crippen LogP contribution is 2.26. The molecule has 0 saturated carbocycles. The number of hydrogen-bond donors (Lipinski definition) is 1. The van der Waals surface area contributed by atoms with Crippen molar-refractivity contribution in [3.8, 4) is 0 Å². The fourth-order valence-corrected chi connectivity index (χ4v) is 1.88. The summed E-state index contributed by atoms with van der Waals surface area (Å²) < 4.78 is 0. The summed E-state index contributed by atoms with van der Waals surface area (Å²) in [6.45, 7) is 1.98. The lowest BCUT2D eigenvalue weighted by molar-refractivity contribution is 1.03. The third kappa shape index (κ3) is 2.44. The summed E-state index contributed by atoms with van der Waals surface area (Å²) >= 11 is 1.51. The monoisotopic (exact) mass is 218 g/mol. The molecule has 0 aliphatic rings. The van der Waals surface area contributed by atoms with Gasteiger partial charge in [0.1, 0.15) is 16.4 Å². The Labute approximate surface area is 92.0 Å². The number of pyridine rings is 1. The van der Waals surface area contributed by atoms with Crippen molar-refractivity contribution in [3.63, 3.8) is 0 Å². The van der Waals surface area contributed by atoms with Gasteiger partial charge in [-0.05, 0) is 36.4 Å². The van der Waals surface area contributed by atoms with Crippen molar-refractivity contribution in [1.29, 1.82) is 0 Å². The van der Waals surface area contributed by atoms with Gasteiger partial charge in [0.2, 0.25) is 0 Å². The summed E-state index contributed by atoms with van der Waals surface area (Å²) in [4.78, 5) is 12.2. The second kappa shape index (κ2) is 4.27. The average Bonchev–Trinajstić information content (AvgIpc) is 2.24. The first kappa shape index (κ1) is 9.92. The molecule has 0 aromatic carbocycles. The summed E-state index contributed by atoms with van der Waals surface area (Å²) in [5.41, 5.74) is 7.36. The van der Waals surface area contributed by atoms with Crippen molar-refractivity contribution in [3.05, 3.63) is 36.4 Å². The zero-order valence-electron chi connectivity index (χ0n) is 8.21. The molecule has 0 atom stereocenters. The molecule has 0 amide bonds. The first-order valence-electron chi connectivity index (χ1n) is 4.41. The van der Waals surface area contributed by atoms with E-state index in [2.05, 4.69) is 15.0 Å². The number of hydrogen-bond acceptors (Lipinski definition) is 5. The molecule has 4 nitrogen and oxygen atoms in total. The molecule has 0 bridgehead atoms. The summed E-state index contributed by atoms with van der Waals surface area (Å²) in [6, 6.07) is 3.75. The van der Waals surface area contributed by atoms with Crippen LogP contribution in [0.25, 0.3) is 0 Å². The molecule has 15 heavy (non-hydrogen) atoms. The quantitative estimate of drug-likeness (QED) is 0.780. The number of nitrogens with two attached hydrogens (primary N) is 1. The van der Waals surface area contributed by atoms with Crippen molar-refractivity contribution >= 4 is 17.4 Å². The Morgan fingerprint density at radius 3 is 2.87 bits per heavy atom. The minimum atomic E-state index is 0.680. The number of rotatable bonds is 2. The largest absolute Gasteiger partial charge is 0.397 e. The van der Waals surface area contributed by atoms with E-state index in [1.807, 2.05) is 19.1 Å². The molecule has 0 spiro atoms. The van der Waals surface area contributed by atoms with Gasteiger partial charge >= 0.3 is 0 Å². The van der Waals surface area contributed by atoms with Gasteiger partial charge in [-0.1, -0.05) is 0 Å². The highest BCUT2D eigenvalue weighted by Gasteiger charge is 2.03.